The first kappa shape index (κ1) is 22.8. The van der Waals surface area contributed by atoms with Crippen molar-refractivity contribution in [1.82, 2.24) is 0 Å². The van der Waals surface area contributed by atoms with Crippen LogP contribution in [0, 0.1) is 0 Å². The Kier molecular flexibility index (Phi) is 4.45. The molecule has 0 atom stereocenters. The summed E-state index contributed by atoms with van der Waals surface area (Å²) >= 11 is 0. The van der Waals surface area contributed by atoms with Gasteiger partial charge in [-0.1, -0.05) is 84.9 Å². The van der Waals surface area contributed by atoms with E-state index in [0.717, 1.165) is 60.4 Å². The number of fused-ring (bicyclic) bond motifs is 9. The summed E-state index contributed by atoms with van der Waals surface area (Å²) in [5, 5.41) is 10.3. The minimum absolute atomic E-state index is 0.863. The van der Waals surface area contributed by atoms with Crippen molar-refractivity contribution in [3.05, 3.63) is 134 Å². The lowest BCUT2D eigenvalue weighted by molar-refractivity contribution is 0.616. The highest BCUT2D eigenvalue weighted by Gasteiger charge is 2.21. The number of benzene rings is 7. The number of rotatable bonds is 2. The largest absolute Gasteiger partial charge is 0.464 e. The molecule has 200 valence electrons. The van der Waals surface area contributed by atoms with Gasteiger partial charge >= 0.3 is 0 Å². The maximum atomic E-state index is 6.31. The minimum Gasteiger partial charge on any atom is -0.464 e. The van der Waals surface area contributed by atoms with Crippen LogP contribution in [0.1, 0.15) is 0 Å². The Morgan fingerprint density at radius 2 is 1.00 bits per heavy atom. The van der Waals surface area contributed by atoms with Crippen molar-refractivity contribution in [3.8, 4) is 22.3 Å². The Balaban J connectivity index is 1.32. The third-order valence-electron chi connectivity index (χ3n) is 8.94. The molecule has 10 aromatic rings. The van der Waals surface area contributed by atoms with Gasteiger partial charge in [0.2, 0.25) is 0 Å². The second-order valence-electron chi connectivity index (χ2n) is 11.2. The maximum absolute atomic E-state index is 6.31. The summed E-state index contributed by atoms with van der Waals surface area (Å²) in [5.41, 5.74) is 9.18. The summed E-state index contributed by atoms with van der Waals surface area (Å²) in [7, 11) is 0. The van der Waals surface area contributed by atoms with E-state index in [1.54, 1.807) is 6.26 Å². The molecule has 0 amide bonds. The molecule has 3 heteroatoms. The van der Waals surface area contributed by atoms with Crippen LogP contribution in [0.4, 0.5) is 0 Å². The summed E-state index contributed by atoms with van der Waals surface area (Å²) in [6.07, 6.45) is 1.73. The van der Waals surface area contributed by atoms with Crippen LogP contribution in [0.2, 0.25) is 0 Å². The zero-order valence-corrected chi connectivity index (χ0v) is 22.9. The number of furan rings is 3. The lowest BCUT2D eigenvalue weighted by Crippen LogP contribution is -1.91. The molecule has 0 unspecified atom stereocenters. The van der Waals surface area contributed by atoms with E-state index in [2.05, 4.69) is 109 Å². The van der Waals surface area contributed by atoms with Gasteiger partial charge in [-0.3, -0.25) is 0 Å². The summed E-state index contributed by atoms with van der Waals surface area (Å²) < 4.78 is 18.3. The van der Waals surface area contributed by atoms with Crippen molar-refractivity contribution in [2.75, 3.05) is 0 Å². The molecule has 0 aliphatic rings. The van der Waals surface area contributed by atoms with E-state index < -0.39 is 0 Å². The van der Waals surface area contributed by atoms with Crippen LogP contribution < -0.4 is 0 Å². The number of hydrogen-bond acceptors (Lipinski definition) is 3. The predicted molar refractivity (Wildman–Crippen MR) is 177 cm³/mol. The highest BCUT2D eigenvalue weighted by Crippen LogP contribution is 2.47. The van der Waals surface area contributed by atoms with Gasteiger partial charge in [0.1, 0.15) is 27.9 Å². The maximum Gasteiger partial charge on any atom is 0.136 e. The van der Waals surface area contributed by atoms with Gasteiger partial charge < -0.3 is 13.3 Å². The molecule has 0 spiro atoms. The van der Waals surface area contributed by atoms with Crippen molar-refractivity contribution >= 4 is 76.4 Å². The average Bonchev–Trinajstić information content (AvgIpc) is 3.77. The van der Waals surface area contributed by atoms with Crippen molar-refractivity contribution in [1.29, 1.82) is 0 Å². The molecular formula is C40H22O3. The molecule has 0 fully saturated rings. The van der Waals surface area contributed by atoms with Gasteiger partial charge in [0.25, 0.3) is 0 Å². The molecule has 3 nitrogen and oxygen atoms in total. The third-order valence-corrected chi connectivity index (χ3v) is 8.94. The van der Waals surface area contributed by atoms with Crippen LogP contribution in [0.5, 0.6) is 0 Å². The number of para-hydroxylation sites is 1. The van der Waals surface area contributed by atoms with E-state index in [9.17, 15) is 0 Å². The topological polar surface area (TPSA) is 39.4 Å². The van der Waals surface area contributed by atoms with Gasteiger partial charge in [0, 0.05) is 26.9 Å². The van der Waals surface area contributed by atoms with Gasteiger partial charge in [0.05, 0.1) is 6.26 Å². The Morgan fingerprint density at radius 1 is 0.372 bits per heavy atom. The third kappa shape index (κ3) is 3.14. The van der Waals surface area contributed by atoms with Gasteiger partial charge in [-0.2, -0.15) is 0 Å². The monoisotopic (exact) mass is 550 g/mol. The van der Waals surface area contributed by atoms with Crippen LogP contribution in [0.3, 0.4) is 0 Å². The molecule has 10 rings (SSSR count). The predicted octanol–water partition coefficient (Wildman–Crippen LogP) is 11.9. The minimum atomic E-state index is 0.863. The number of hydrogen-bond donors (Lipinski definition) is 0. The highest BCUT2D eigenvalue weighted by molar-refractivity contribution is 6.26. The summed E-state index contributed by atoms with van der Waals surface area (Å²) in [5.74, 6) is 0. The summed E-state index contributed by atoms with van der Waals surface area (Å²) in [6.45, 7) is 0. The Labute approximate surface area is 245 Å². The zero-order chi connectivity index (χ0) is 28.1. The zero-order valence-electron chi connectivity index (χ0n) is 22.9. The molecule has 0 aliphatic heterocycles. The van der Waals surface area contributed by atoms with Crippen molar-refractivity contribution < 1.29 is 13.3 Å². The fraction of sp³-hybridized carbons (Fsp3) is 0. The van der Waals surface area contributed by atoms with E-state index >= 15 is 0 Å². The summed E-state index contributed by atoms with van der Waals surface area (Å²) in [4.78, 5) is 0. The van der Waals surface area contributed by atoms with Crippen LogP contribution in [-0.2, 0) is 0 Å². The molecule has 7 aromatic carbocycles. The highest BCUT2D eigenvalue weighted by atomic mass is 16.3. The summed E-state index contributed by atoms with van der Waals surface area (Å²) in [6, 6.07) is 45.0. The second-order valence-corrected chi connectivity index (χ2v) is 11.2. The SMILES string of the molecule is c1ccc2c(c1)oc1cccc(-c3c4ccccc4c(-c4ccc5oc6cc7ccoc7cc6c5c4)c4ccccc34)c12. The van der Waals surface area contributed by atoms with E-state index in [1.165, 1.54) is 38.2 Å². The van der Waals surface area contributed by atoms with E-state index in [4.69, 9.17) is 13.3 Å². The van der Waals surface area contributed by atoms with Crippen LogP contribution in [0.15, 0.2) is 147 Å². The quantitative estimate of drug-likeness (QED) is 0.201. The molecule has 3 aromatic heterocycles. The molecule has 0 radical (unpaired) electrons. The first-order valence-electron chi connectivity index (χ1n) is 14.5. The molecule has 0 bridgehead atoms. The fourth-order valence-corrected chi connectivity index (χ4v) is 7.10. The lowest BCUT2D eigenvalue weighted by Gasteiger charge is -2.18. The first-order valence-corrected chi connectivity index (χ1v) is 14.5. The van der Waals surface area contributed by atoms with Gasteiger partial charge in [0.15, 0.2) is 0 Å². The molecule has 0 saturated carbocycles. The average molecular weight is 551 g/mol. The normalized spacial score (nSPS) is 12.2. The van der Waals surface area contributed by atoms with Crippen molar-refractivity contribution in [3.63, 3.8) is 0 Å². The van der Waals surface area contributed by atoms with Gasteiger partial charge in [-0.15, -0.1) is 0 Å². The van der Waals surface area contributed by atoms with Crippen LogP contribution >= 0.6 is 0 Å². The van der Waals surface area contributed by atoms with E-state index in [1.807, 2.05) is 18.2 Å². The second kappa shape index (κ2) is 8.37. The van der Waals surface area contributed by atoms with Gasteiger partial charge in [-0.05, 0) is 86.3 Å². The molecule has 0 aliphatic carbocycles. The van der Waals surface area contributed by atoms with E-state index in [0.29, 0.717) is 0 Å². The van der Waals surface area contributed by atoms with Crippen molar-refractivity contribution in [2.45, 2.75) is 0 Å². The Morgan fingerprint density at radius 3 is 1.79 bits per heavy atom. The van der Waals surface area contributed by atoms with E-state index in [-0.39, 0.29) is 0 Å². The first-order chi connectivity index (χ1) is 21.3. The van der Waals surface area contributed by atoms with Crippen molar-refractivity contribution in [2.24, 2.45) is 0 Å². The fourth-order valence-electron chi connectivity index (χ4n) is 7.10. The Hall–Kier alpha value is -5.80. The standard InChI is InChI=1S/C40H22O3/c1-3-10-27-25(8-1)38(24-16-17-34-31(20-24)32-22-36-23(18-19-41-36)21-37(32)43-34)26-9-2-4-11-28(26)39(27)30-13-7-15-35-40(30)29-12-5-6-14-33(29)42-35/h1-22H. The lowest BCUT2D eigenvalue weighted by atomic mass is 9.84. The molecule has 0 N–H and O–H groups in total. The molecule has 3 heterocycles. The Bertz CT molecular complexity index is 2680. The molecule has 0 saturated heterocycles. The van der Waals surface area contributed by atoms with Gasteiger partial charge in [-0.25, -0.2) is 0 Å². The smallest absolute Gasteiger partial charge is 0.136 e. The molecular weight excluding hydrogens is 528 g/mol. The van der Waals surface area contributed by atoms with Crippen LogP contribution in [-0.4, -0.2) is 0 Å². The van der Waals surface area contributed by atoms with Crippen LogP contribution in [0.25, 0.3) is 98.6 Å². The molecule has 43 heavy (non-hydrogen) atoms.